The maximum absolute atomic E-state index is 13.4. The zero-order valence-corrected chi connectivity index (χ0v) is 17.0. The maximum Gasteiger partial charge on any atom is 0.194 e. The summed E-state index contributed by atoms with van der Waals surface area (Å²) in [6.07, 6.45) is 17.4. The lowest BCUT2D eigenvalue weighted by atomic mass is 9.55. The van der Waals surface area contributed by atoms with Crippen LogP contribution >= 0.6 is 0 Å². The largest absolute Gasteiger partial charge is 0.204 e. The minimum absolute atomic E-state index is 0.413. The van der Waals surface area contributed by atoms with Gasteiger partial charge in [0.25, 0.3) is 0 Å². The molecule has 0 bridgehead atoms. The summed E-state index contributed by atoms with van der Waals surface area (Å²) < 4.78 is 39.9. The van der Waals surface area contributed by atoms with Gasteiger partial charge in [-0.05, 0) is 98.1 Å². The van der Waals surface area contributed by atoms with Gasteiger partial charge in [0.2, 0.25) is 0 Å². The first-order valence-electron chi connectivity index (χ1n) is 11.4. The molecule has 3 aliphatic rings. The van der Waals surface area contributed by atoms with E-state index in [2.05, 4.69) is 13.0 Å². The Balaban J connectivity index is 1.36. The van der Waals surface area contributed by atoms with E-state index in [9.17, 15) is 13.2 Å². The molecule has 0 N–H and O–H groups in total. The smallest absolute Gasteiger partial charge is 0.194 e. The van der Waals surface area contributed by atoms with Crippen molar-refractivity contribution in [3.8, 4) is 0 Å². The van der Waals surface area contributed by atoms with Crippen LogP contribution in [0.15, 0.2) is 18.2 Å². The van der Waals surface area contributed by atoms with E-state index >= 15 is 0 Å². The molecule has 4 rings (SSSR count). The molecule has 1 aromatic carbocycles. The number of halogens is 3. The van der Waals surface area contributed by atoms with Crippen LogP contribution in [-0.4, -0.2) is 0 Å². The van der Waals surface area contributed by atoms with Crippen molar-refractivity contribution < 1.29 is 13.2 Å². The van der Waals surface area contributed by atoms with E-state index in [1.165, 1.54) is 64.2 Å². The van der Waals surface area contributed by atoms with E-state index in [4.69, 9.17) is 0 Å². The summed E-state index contributed by atoms with van der Waals surface area (Å²) in [4.78, 5) is 0. The summed E-state index contributed by atoms with van der Waals surface area (Å²) in [5.74, 6) is 1.45. The summed E-state index contributed by atoms with van der Waals surface area (Å²) in [5, 5.41) is 0. The lowest BCUT2D eigenvalue weighted by Gasteiger charge is -2.50. The molecule has 0 nitrogen and oxygen atoms in total. The Hall–Kier alpha value is -1.25. The van der Waals surface area contributed by atoms with E-state index in [0.717, 1.165) is 41.7 Å². The van der Waals surface area contributed by atoms with E-state index in [0.29, 0.717) is 11.5 Å². The summed E-state index contributed by atoms with van der Waals surface area (Å²) >= 11 is 0. The van der Waals surface area contributed by atoms with Crippen molar-refractivity contribution in [3.63, 3.8) is 0 Å². The van der Waals surface area contributed by atoms with Crippen molar-refractivity contribution in [1.82, 2.24) is 0 Å². The van der Waals surface area contributed by atoms with Crippen molar-refractivity contribution in [2.75, 3.05) is 0 Å². The Morgan fingerprint density at radius 2 is 1.50 bits per heavy atom. The molecular weight excluding hydrogens is 357 g/mol. The fourth-order valence-corrected chi connectivity index (χ4v) is 6.69. The molecule has 0 amide bonds. The predicted molar refractivity (Wildman–Crippen MR) is 108 cm³/mol. The summed E-state index contributed by atoms with van der Waals surface area (Å²) in [6, 6.07) is 2.17. The fourth-order valence-electron chi connectivity index (χ4n) is 6.69. The highest BCUT2D eigenvalue weighted by Crippen LogP contribution is 2.53. The van der Waals surface area contributed by atoms with Gasteiger partial charge in [-0.15, -0.1) is 0 Å². The first-order chi connectivity index (χ1) is 13.5. The molecule has 0 radical (unpaired) electrons. The molecule has 0 saturated heterocycles. The standard InChI is InChI=1S/C25H33F3/c1-2-3-16-6-10-21-19(12-16)8-9-20-13-17(7-11-22(20)21)4-5-18-14-23(26)25(28)24(27)15-18/h4-5,14-17,19-22H,2-3,6-13H2,1H3/t16-,17?,19-,20+,21+,22+/m1/s1. The van der Waals surface area contributed by atoms with Crippen molar-refractivity contribution in [3.05, 3.63) is 41.2 Å². The molecule has 3 saturated carbocycles. The number of allylic oxidation sites excluding steroid dienone is 1. The second-order valence-electron chi connectivity index (χ2n) is 9.62. The van der Waals surface area contributed by atoms with Gasteiger partial charge in [0, 0.05) is 0 Å². The molecule has 0 heterocycles. The van der Waals surface area contributed by atoms with Crippen LogP contribution in [0.1, 0.15) is 76.7 Å². The Morgan fingerprint density at radius 3 is 2.18 bits per heavy atom. The molecule has 3 heteroatoms. The maximum atomic E-state index is 13.4. The number of benzene rings is 1. The van der Waals surface area contributed by atoms with Gasteiger partial charge in [0.05, 0.1) is 0 Å². The van der Waals surface area contributed by atoms with Crippen molar-refractivity contribution in [2.24, 2.45) is 35.5 Å². The first kappa shape index (κ1) is 20.0. The molecule has 6 atom stereocenters. The first-order valence-corrected chi connectivity index (χ1v) is 11.4. The molecule has 28 heavy (non-hydrogen) atoms. The second-order valence-corrected chi connectivity index (χ2v) is 9.62. The van der Waals surface area contributed by atoms with Crippen molar-refractivity contribution >= 4 is 6.08 Å². The zero-order valence-electron chi connectivity index (χ0n) is 17.0. The third kappa shape index (κ3) is 4.19. The van der Waals surface area contributed by atoms with Gasteiger partial charge < -0.3 is 0 Å². The van der Waals surface area contributed by atoms with E-state index in [1.807, 2.05) is 0 Å². The Bertz CT molecular complexity index is 687. The highest BCUT2D eigenvalue weighted by Gasteiger charge is 2.43. The van der Waals surface area contributed by atoms with Crippen LogP contribution in [0, 0.1) is 53.0 Å². The average molecular weight is 391 g/mol. The van der Waals surface area contributed by atoms with Crippen LogP contribution in [-0.2, 0) is 0 Å². The van der Waals surface area contributed by atoms with Gasteiger partial charge in [-0.2, -0.15) is 0 Å². The predicted octanol–water partition coefficient (Wildman–Crippen LogP) is 7.78. The van der Waals surface area contributed by atoms with E-state index in [1.54, 1.807) is 6.08 Å². The third-order valence-electron chi connectivity index (χ3n) is 7.95. The molecular formula is C25H33F3. The topological polar surface area (TPSA) is 0 Å². The normalized spacial score (nSPS) is 35.6. The molecule has 3 fully saturated rings. The fraction of sp³-hybridized carbons (Fsp3) is 0.680. The summed E-state index contributed by atoms with van der Waals surface area (Å²) in [5.41, 5.74) is 0.413. The van der Waals surface area contributed by atoms with Gasteiger partial charge in [-0.25, -0.2) is 13.2 Å². The molecule has 3 aliphatic carbocycles. The second kappa shape index (κ2) is 8.63. The van der Waals surface area contributed by atoms with E-state index < -0.39 is 17.5 Å². The lowest BCUT2D eigenvalue weighted by Crippen LogP contribution is -2.41. The van der Waals surface area contributed by atoms with Crippen LogP contribution in [0.4, 0.5) is 13.2 Å². The van der Waals surface area contributed by atoms with Gasteiger partial charge in [0.1, 0.15) is 0 Å². The van der Waals surface area contributed by atoms with Gasteiger partial charge >= 0.3 is 0 Å². The number of fused-ring (bicyclic) bond motifs is 3. The lowest BCUT2D eigenvalue weighted by molar-refractivity contribution is 0.00235. The quantitative estimate of drug-likeness (QED) is 0.461. The Kier molecular flexibility index (Phi) is 6.18. The van der Waals surface area contributed by atoms with Crippen LogP contribution < -0.4 is 0 Å². The van der Waals surface area contributed by atoms with Gasteiger partial charge in [0.15, 0.2) is 17.5 Å². The molecule has 0 aliphatic heterocycles. The van der Waals surface area contributed by atoms with Crippen molar-refractivity contribution in [2.45, 2.75) is 71.1 Å². The van der Waals surface area contributed by atoms with Crippen LogP contribution in [0.25, 0.3) is 6.08 Å². The Morgan fingerprint density at radius 1 is 0.857 bits per heavy atom. The molecule has 1 aromatic rings. The monoisotopic (exact) mass is 390 g/mol. The molecule has 1 unspecified atom stereocenters. The highest BCUT2D eigenvalue weighted by atomic mass is 19.2. The highest BCUT2D eigenvalue weighted by molar-refractivity contribution is 5.49. The average Bonchev–Trinajstić information content (AvgIpc) is 2.70. The number of hydrogen-bond donors (Lipinski definition) is 0. The van der Waals surface area contributed by atoms with Crippen LogP contribution in [0.2, 0.25) is 0 Å². The summed E-state index contributed by atoms with van der Waals surface area (Å²) in [6.45, 7) is 2.31. The number of rotatable bonds is 4. The summed E-state index contributed by atoms with van der Waals surface area (Å²) in [7, 11) is 0. The molecule has 154 valence electrons. The zero-order chi connectivity index (χ0) is 19.7. The van der Waals surface area contributed by atoms with Crippen LogP contribution in [0.3, 0.4) is 0 Å². The van der Waals surface area contributed by atoms with Crippen LogP contribution in [0.5, 0.6) is 0 Å². The van der Waals surface area contributed by atoms with Gasteiger partial charge in [-0.1, -0.05) is 38.3 Å². The van der Waals surface area contributed by atoms with Crippen molar-refractivity contribution in [1.29, 1.82) is 0 Å². The Labute approximate surface area is 167 Å². The minimum atomic E-state index is -1.39. The minimum Gasteiger partial charge on any atom is -0.204 e. The molecule has 0 aromatic heterocycles. The molecule has 0 spiro atoms. The SMILES string of the molecule is CCC[C@@H]1CC[C@H]2[C@H](CC[C@H]3CC(C=Cc4cc(F)c(F)c(F)c4)CC[C@@H]32)C1. The number of hydrogen-bond acceptors (Lipinski definition) is 0. The van der Waals surface area contributed by atoms with Gasteiger partial charge in [-0.3, -0.25) is 0 Å². The van der Waals surface area contributed by atoms with E-state index in [-0.39, 0.29) is 0 Å². The third-order valence-corrected chi connectivity index (χ3v) is 7.95.